The first-order valence-electron chi connectivity index (χ1n) is 11.5. The Kier molecular flexibility index (Phi) is 7.46. The maximum absolute atomic E-state index is 13.1. The monoisotopic (exact) mass is 538 g/mol. The van der Waals surface area contributed by atoms with Crippen molar-refractivity contribution < 1.29 is 4.79 Å². The van der Waals surface area contributed by atoms with Gasteiger partial charge in [-0.15, -0.1) is 10.2 Å². The molecule has 0 unspecified atom stereocenters. The summed E-state index contributed by atoms with van der Waals surface area (Å²) in [5.74, 6) is 0.974. The molecule has 0 spiro atoms. The van der Waals surface area contributed by atoms with Crippen LogP contribution in [0.1, 0.15) is 5.56 Å². The van der Waals surface area contributed by atoms with Gasteiger partial charge < -0.3 is 9.80 Å². The minimum atomic E-state index is 0.0710. The molecular weight excluding hydrogens is 515 g/mol. The quantitative estimate of drug-likeness (QED) is 0.307. The predicted octanol–water partition coefficient (Wildman–Crippen LogP) is 5.39. The third-order valence-corrected chi connectivity index (χ3v) is 7.60. The number of carbonyl (C=O) groups excluding carboxylic acids is 1. The zero-order valence-corrected chi connectivity index (χ0v) is 22.0. The van der Waals surface area contributed by atoms with E-state index in [1.54, 1.807) is 12.4 Å². The Morgan fingerprint density at radius 3 is 2.44 bits per heavy atom. The van der Waals surface area contributed by atoms with E-state index in [1.165, 1.54) is 17.3 Å². The molecule has 184 valence electrons. The van der Waals surface area contributed by atoms with E-state index >= 15 is 0 Å². The summed E-state index contributed by atoms with van der Waals surface area (Å²) in [6, 6.07) is 17.2. The predicted molar refractivity (Wildman–Crippen MR) is 145 cm³/mol. The molecule has 1 aliphatic heterocycles. The molecule has 1 saturated heterocycles. The zero-order chi connectivity index (χ0) is 25.1. The Morgan fingerprint density at radius 1 is 0.944 bits per heavy atom. The zero-order valence-electron chi connectivity index (χ0n) is 19.6. The number of carbonyl (C=O) groups is 1. The number of anilines is 1. The van der Waals surface area contributed by atoms with Crippen LogP contribution in [-0.2, 0) is 4.79 Å². The van der Waals surface area contributed by atoms with Gasteiger partial charge in [-0.1, -0.05) is 53.2 Å². The highest BCUT2D eigenvalue weighted by atomic mass is 35.5. The minimum Gasteiger partial charge on any atom is -0.368 e. The second-order valence-electron chi connectivity index (χ2n) is 8.42. The number of hydrogen-bond donors (Lipinski definition) is 0. The molecule has 4 aromatic rings. The van der Waals surface area contributed by atoms with E-state index in [4.69, 9.17) is 23.2 Å². The number of halogens is 2. The van der Waals surface area contributed by atoms with E-state index in [-0.39, 0.29) is 11.7 Å². The van der Waals surface area contributed by atoms with E-state index in [1.807, 2.05) is 64.1 Å². The van der Waals surface area contributed by atoms with Gasteiger partial charge in [-0.05, 0) is 48.9 Å². The summed E-state index contributed by atoms with van der Waals surface area (Å²) in [7, 11) is 0. The highest BCUT2D eigenvalue weighted by Gasteiger charge is 2.24. The van der Waals surface area contributed by atoms with Gasteiger partial charge in [0, 0.05) is 54.8 Å². The third-order valence-electron chi connectivity index (χ3n) is 6.13. The first kappa shape index (κ1) is 24.6. The number of para-hydroxylation sites is 1. The molecule has 1 fully saturated rings. The highest BCUT2D eigenvalue weighted by Crippen LogP contribution is 2.31. The van der Waals surface area contributed by atoms with Crippen LogP contribution in [0, 0.1) is 6.92 Å². The highest BCUT2D eigenvalue weighted by molar-refractivity contribution is 7.99. The lowest BCUT2D eigenvalue weighted by Crippen LogP contribution is -2.49. The van der Waals surface area contributed by atoms with Crippen LogP contribution in [0.15, 0.2) is 72.1 Å². The maximum atomic E-state index is 13.1. The molecule has 1 aliphatic rings. The normalized spacial score (nSPS) is 13.8. The van der Waals surface area contributed by atoms with Crippen molar-refractivity contribution in [2.24, 2.45) is 0 Å². The van der Waals surface area contributed by atoms with Crippen LogP contribution in [0.25, 0.3) is 17.1 Å². The smallest absolute Gasteiger partial charge is 0.233 e. The fraction of sp³-hybridized carbons (Fsp3) is 0.231. The van der Waals surface area contributed by atoms with E-state index in [9.17, 15) is 4.79 Å². The Morgan fingerprint density at radius 2 is 1.69 bits per heavy atom. The van der Waals surface area contributed by atoms with Crippen LogP contribution in [0.3, 0.4) is 0 Å². The molecule has 0 bridgehead atoms. The molecule has 36 heavy (non-hydrogen) atoms. The van der Waals surface area contributed by atoms with Crippen LogP contribution in [0.5, 0.6) is 0 Å². The number of aromatic nitrogens is 4. The first-order chi connectivity index (χ1) is 17.5. The number of amides is 1. The van der Waals surface area contributed by atoms with Crippen molar-refractivity contribution in [3.8, 4) is 17.1 Å². The average molecular weight is 539 g/mol. The number of hydrogen-bond acceptors (Lipinski definition) is 6. The average Bonchev–Trinajstić information content (AvgIpc) is 3.33. The van der Waals surface area contributed by atoms with Crippen LogP contribution in [-0.4, -0.2) is 62.5 Å². The van der Waals surface area contributed by atoms with Gasteiger partial charge in [0.1, 0.15) is 0 Å². The van der Waals surface area contributed by atoms with E-state index in [0.717, 1.165) is 35.1 Å². The SMILES string of the molecule is Cc1ccc(Cl)cc1N1CCN(C(=O)CSc2nnc(-c3ccncc3)n2-c2ccccc2Cl)CC1. The first-order valence-corrected chi connectivity index (χ1v) is 13.3. The van der Waals surface area contributed by atoms with Crippen molar-refractivity contribution in [2.45, 2.75) is 12.1 Å². The summed E-state index contributed by atoms with van der Waals surface area (Å²) in [6.07, 6.45) is 3.42. The third kappa shape index (κ3) is 5.21. The molecule has 0 radical (unpaired) electrons. The molecule has 10 heteroatoms. The van der Waals surface area contributed by atoms with E-state index in [2.05, 4.69) is 27.0 Å². The lowest BCUT2D eigenvalue weighted by molar-refractivity contribution is -0.128. The summed E-state index contributed by atoms with van der Waals surface area (Å²) in [4.78, 5) is 21.4. The van der Waals surface area contributed by atoms with E-state index in [0.29, 0.717) is 29.1 Å². The molecular formula is C26H24Cl2N6OS. The summed E-state index contributed by atoms with van der Waals surface area (Å²) >= 11 is 14.1. The largest absolute Gasteiger partial charge is 0.368 e. The molecule has 3 heterocycles. The van der Waals surface area contributed by atoms with Gasteiger partial charge in [-0.2, -0.15) is 0 Å². The molecule has 0 N–H and O–H groups in total. The Labute approximate surface area is 224 Å². The molecule has 0 aliphatic carbocycles. The van der Waals surface area contributed by atoms with Gasteiger partial charge in [0.05, 0.1) is 16.5 Å². The maximum Gasteiger partial charge on any atom is 0.233 e. The molecule has 7 nitrogen and oxygen atoms in total. The standard InChI is InChI=1S/C26H24Cl2N6OS/c1-18-6-7-20(27)16-23(18)32-12-14-33(15-13-32)24(35)17-36-26-31-30-25(19-8-10-29-11-9-19)34(26)22-5-3-2-4-21(22)28/h2-11,16H,12-15,17H2,1H3. The summed E-state index contributed by atoms with van der Waals surface area (Å²) in [5, 5.41) is 10.7. The number of rotatable bonds is 6. The summed E-state index contributed by atoms with van der Waals surface area (Å²) < 4.78 is 1.90. The number of thioether (sulfide) groups is 1. The molecule has 2 aromatic heterocycles. The van der Waals surface area contributed by atoms with Gasteiger partial charge in [0.2, 0.25) is 5.91 Å². The number of pyridine rings is 1. The number of piperazine rings is 1. The minimum absolute atomic E-state index is 0.0710. The van der Waals surface area contributed by atoms with Crippen molar-refractivity contribution in [3.63, 3.8) is 0 Å². The lowest BCUT2D eigenvalue weighted by atomic mass is 10.1. The van der Waals surface area contributed by atoms with Crippen molar-refractivity contribution in [1.29, 1.82) is 0 Å². The fourth-order valence-corrected chi connectivity index (χ4v) is 5.47. The number of nitrogens with zero attached hydrogens (tertiary/aromatic N) is 6. The Hall–Kier alpha value is -3.07. The molecule has 0 saturated carbocycles. The van der Waals surface area contributed by atoms with Crippen molar-refractivity contribution in [2.75, 3.05) is 36.8 Å². The Balaban J connectivity index is 1.30. The van der Waals surface area contributed by atoms with E-state index < -0.39 is 0 Å². The Bertz CT molecular complexity index is 1370. The molecule has 5 rings (SSSR count). The van der Waals surface area contributed by atoms with Crippen LogP contribution >= 0.6 is 35.0 Å². The second kappa shape index (κ2) is 10.9. The van der Waals surface area contributed by atoms with Crippen LogP contribution in [0.4, 0.5) is 5.69 Å². The van der Waals surface area contributed by atoms with Crippen LogP contribution in [0.2, 0.25) is 10.0 Å². The van der Waals surface area contributed by atoms with Gasteiger partial charge in [0.25, 0.3) is 0 Å². The summed E-state index contributed by atoms with van der Waals surface area (Å²) in [6.45, 7) is 4.92. The fourth-order valence-electron chi connectivity index (χ4n) is 4.24. The molecule has 1 amide bonds. The van der Waals surface area contributed by atoms with Crippen molar-refractivity contribution in [1.82, 2.24) is 24.6 Å². The van der Waals surface area contributed by atoms with Gasteiger partial charge >= 0.3 is 0 Å². The van der Waals surface area contributed by atoms with Crippen molar-refractivity contribution >= 4 is 46.6 Å². The van der Waals surface area contributed by atoms with Gasteiger partial charge in [0.15, 0.2) is 11.0 Å². The van der Waals surface area contributed by atoms with Gasteiger partial charge in [-0.25, -0.2) is 0 Å². The number of aryl methyl sites for hydroxylation is 1. The topological polar surface area (TPSA) is 67.2 Å². The second-order valence-corrected chi connectivity index (χ2v) is 10.2. The van der Waals surface area contributed by atoms with Crippen molar-refractivity contribution in [3.05, 3.63) is 82.6 Å². The summed E-state index contributed by atoms with van der Waals surface area (Å²) in [5.41, 5.74) is 3.93. The molecule has 0 atom stereocenters. The van der Waals surface area contributed by atoms with Crippen LogP contribution < -0.4 is 4.90 Å². The lowest BCUT2D eigenvalue weighted by Gasteiger charge is -2.36. The van der Waals surface area contributed by atoms with Gasteiger partial charge in [-0.3, -0.25) is 14.3 Å². The molecule has 2 aromatic carbocycles. The number of benzene rings is 2.